The molecule has 2 heterocycles. The number of benzene rings is 1. The monoisotopic (exact) mass is 461 g/mol. The van der Waals surface area contributed by atoms with Crippen LogP contribution in [0.3, 0.4) is 0 Å². The standard InChI is InChI=1S/C17H12Cl2F3N5O3/c18-9-1-8(5-23)2-11(3-9)30-13-14(17(20,21)22)24-7-27(16(13)29)6-10-4-12(19)15(28)26-25-10/h1-3,7,10,12,25H,4,6H2,(H,26,28). The molecular formula is C17H12Cl2F3N5O3. The number of hydrazine groups is 1. The van der Waals surface area contributed by atoms with Crippen LogP contribution in [0.5, 0.6) is 11.5 Å². The second-order valence-electron chi connectivity index (χ2n) is 6.30. The molecule has 0 aliphatic carbocycles. The molecule has 2 atom stereocenters. The Morgan fingerprint density at radius 3 is 2.70 bits per heavy atom. The first kappa shape index (κ1) is 21.9. The Morgan fingerprint density at radius 1 is 1.33 bits per heavy atom. The van der Waals surface area contributed by atoms with E-state index >= 15 is 0 Å². The zero-order valence-corrected chi connectivity index (χ0v) is 16.3. The van der Waals surface area contributed by atoms with E-state index in [0.717, 1.165) is 23.0 Å². The molecule has 0 spiro atoms. The molecule has 158 valence electrons. The van der Waals surface area contributed by atoms with E-state index in [9.17, 15) is 22.8 Å². The van der Waals surface area contributed by atoms with E-state index in [2.05, 4.69) is 15.8 Å². The number of halogens is 5. The van der Waals surface area contributed by atoms with Gasteiger partial charge in [-0.25, -0.2) is 10.4 Å². The predicted octanol–water partition coefficient (Wildman–Crippen LogP) is 2.58. The van der Waals surface area contributed by atoms with Crippen LogP contribution in [-0.2, 0) is 17.5 Å². The summed E-state index contributed by atoms with van der Waals surface area (Å²) in [5.41, 5.74) is 2.34. The van der Waals surface area contributed by atoms with Gasteiger partial charge >= 0.3 is 6.18 Å². The van der Waals surface area contributed by atoms with Crippen molar-refractivity contribution in [1.29, 1.82) is 5.26 Å². The third-order valence-corrected chi connectivity index (χ3v) is 4.67. The number of aromatic nitrogens is 2. The number of rotatable bonds is 4. The van der Waals surface area contributed by atoms with Crippen LogP contribution < -0.4 is 21.1 Å². The molecule has 30 heavy (non-hydrogen) atoms. The van der Waals surface area contributed by atoms with Crippen molar-refractivity contribution >= 4 is 29.1 Å². The van der Waals surface area contributed by atoms with Gasteiger partial charge in [0.25, 0.3) is 11.5 Å². The molecule has 0 radical (unpaired) electrons. The van der Waals surface area contributed by atoms with Crippen LogP contribution in [-0.4, -0.2) is 26.9 Å². The molecule has 0 saturated carbocycles. The molecule has 1 fully saturated rings. The fraction of sp³-hybridized carbons (Fsp3) is 0.294. The van der Waals surface area contributed by atoms with Gasteiger partial charge in [0.05, 0.1) is 18.0 Å². The Balaban J connectivity index is 1.99. The number of ether oxygens (including phenoxy) is 1. The Bertz CT molecular complexity index is 1080. The molecule has 1 aromatic heterocycles. The quantitative estimate of drug-likeness (QED) is 0.677. The average molecular weight is 462 g/mol. The van der Waals surface area contributed by atoms with Crippen LogP contribution in [0.15, 0.2) is 29.3 Å². The largest absolute Gasteiger partial charge is 0.449 e. The van der Waals surface area contributed by atoms with Gasteiger partial charge in [-0.3, -0.25) is 19.6 Å². The maximum absolute atomic E-state index is 13.4. The number of amides is 1. The van der Waals surface area contributed by atoms with Crippen LogP contribution in [0.25, 0.3) is 0 Å². The summed E-state index contributed by atoms with van der Waals surface area (Å²) < 4.78 is 46.3. The lowest BCUT2D eigenvalue weighted by Gasteiger charge is -2.27. The molecule has 8 nitrogen and oxygen atoms in total. The molecule has 1 aliphatic rings. The Kier molecular flexibility index (Phi) is 6.21. The number of nitrogens with one attached hydrogen (secondary N) is 2. The summed E-state index contributed by atoms with van der Waals surface area (Å²) in [6, 6.07) is 4.83. The van der Waals surface area contributed by atoms with Crippen molar-refractivity contribution in [3.8, 4) is 17.6 Å². The highest BCUT2D eigenvalue weighted by molar-refractivity contribution is 6.31. The SMILES string of the molecule is N#Cc1cc(Cl)cc(Oc2c(C(F)(F)F)ncn(CC3CC(Cl)C(=O)NN3)c2=O)c1. The lowest BCUT2D eigenvalue weighted by molar-refractivity contribution is -0.142. The molecular weight excluding hydrogens is 450 g/mol. The summed E-state index contributed by atoms with van der Waals surface area (Å²) in [5, 5.41) is 8.17. The second-order valence-corrected chi connectivity index (χ2v) is 7.26. The minimum absolute atomic E-state index is 0.0329. The van der Waals surface area contributed by atoms with Gasteiger partial charge < -0.3 is 4.74 Å². The van der Waals surface area contributed by atoms with Crippen LogP contribution in [0, 0.1) is 11.3 Å². The van der Waals surface area contributed by atoms with Crippen molar-refractivity contribution < 1.29 is 22.7 Å². The van der Waals surface area contributed by atoms with Gasteiger partial charge in [-0.2, -0.15) is 18.4 Å². The fourth-order valence-corrected chi connectivity index (χ4v) is 3.22. The zero-order chi connectivity index (χ0) is 22.1. The number of hydrogen-bond donors (Lipinski definition) is 2. The molecule has 1 amide bonds. The number of nitrogens with zero attached hydrogens (tertiary/aromatic N) is 3. The van der Waals surface area contributed by atoms with Gasteiger partial charge in [0, 0.05) is 17.6 Å². The van der Waals surface area contributed by atoms with E-state index in [1.165, 1.54) is 6.07 Å². The van der Waals surface area contributed by atoms with Crippen molar-refractivity contribution in [2.45, 2.75) is 30.6 Å². The molecule has 1 aliphatic heterocycles. The third kappa shape index (κ3) is 4.84. The third-order valence-electron chi connectivity index (χ3n) is 4.08. The van der Waals surface area contributed by atoms with Gasteiger partial charge in [-0.1, -0.05) is 11.6 Å². The maximum atomic E-state index is 13.4. The summed E-state index contributed by atoms with van der Waals surface area (Å²) in [5.74, 6) is -1.76. The number of carbonyl (C=O) groups excluding carboxylic acids is 1. The maximum Gasteiger partial charge on any atom is 0.437 e. The molecule has 2 N–H and O–H groups in total. The average Bonchev–Trinajstić information content (AvgIpc) is 2.66. The Hall–Kier alpha value is -2.81. The molecule has 2 unspecified atom stereocenters. The first-order valence-electron chi connectivity index (χ1n) is 8.33. The van der Waals surface area contributed by atoms with Crippen LogP contribution in [0.2, 0.25) is 5.02 Å². The van der Waals surface area contributed by atoms with E-state index in [4.69, 9.17) is 33.2 Å². The highest BCUT2D eigenvalue weighted by Crippen LogP contribution is 2.35. The molecule has 13 heteroatoms. The van der Waals surface area contributed by atoms with Crippen LogP contribution >= 0.6 is 23.2 Å². The van der Waals surface area contributed by atoms with Gasteiger partial charge in [0.2, 0.25) is 5.75 Å². The number of nitriles is 1. The van der Waals surface area contributed by atoms with Gasteiger partial charge in [-0.05, 0) is 24.6 Å². The first-order valence-corrected chi connectivity index (χ1v) is 9.14. The van der Waals surface area contributed by atoms with Crippen molar-refractivity contribution in [1.82, 2.24) is 20.4 Å². The van der Waals surface area contributed by atoms with Gasteiger partial charge in [-0.15, -0.1) is 11.6 Å². The van der Waals surface area contributed by atoms with Crippen molar-refractivity contribution in [2.24, 2.45) is 0 Å². The summed E-state index contributed by atoms with van der Waals surface area (Å²) in [6.07, 6.45) is -4.10. The van der Waals surface area contributed by atoms with E-state index < -0.39 is 40.5 Å². The van der Waals surface area contributed by atoms with E-state index in [1.807, 2.05) is 0 Å². The molecule has 0 bridgehead atoms. The lowest BCUT2D eigenvalue weighted by atomic mass is 10.1. The fourth-order valence-electron chi connectivity index (χ4n) is 2.72. The normalized spacial score (nSPS) is 19.1. The predicted molar refractivity (Wildman–Crippen MR) is 99.1 cm³/mol. The highest BCUT2D eigenvalue weighted by Gasteiger charge is 2.39. The second kappa shape index (κ2) is 8.51. The summed E-state index contributed by atoms with van der Waals surface area (Å²) in [7, 11) is 0. The van der Waals surface area contributed by atoms with Crippen molar-refractivity contribution in [2.75, 3.05) is 0 Å². The molecule has 1 saturated heterocycles. The number of carbonyl (C=O) groups is 1. The van der Waals surface area contributed by atoms with Gasteiger partial charge in [0.15, 0.2) is 5.69 Å². The van der Waals surface area contributed by atoms with Gasteiger partial charge in [0.1, 0.15) is 11.1 Å². The van der Waals surface area contributed by atoms with Crippen molar-refractivity contribution in [3.05, 3.63) is 51.2 Å². The minimum Gasteiger partial charge on any atom is -0.449 e. The lowest BCUT2D eigenvalue weighted by Crippen LogP contribution is -2.56. The number of alkyl halides is 4. The molecule has 1 aromatic carbocycles. The van der Waals surface area contributed by atoms with Crippen LogP contribution in [0.4, 0.5) is 13.2 Å². The van der Waals surface area contributed by atoms with Crippen molar-refractivity contribution in [3.63, 3.8) is 0 Å². The van der Waals surface area contributed by atoms with E-state index in [1.54, 1.807) is 6.07 Å². The Morgan fingerprint density at radius 2 is 2.07 bits per heavy atom. The van der Waals surface area contributed by atoms with E-state index in [0.29, 0.717) is 0 Å². The summed E-state index contributed by atoms with van der Waals surface area (Å²) in [6.45, 7) is -0.136. The molecule has 2 aromatic rings. The zero-order valence-electron chi connectivity index (χ0n) is 14.8. The highest BCUT2D eigenvalue weighted by atomic mass is 35.5. The Labute approximate surface area is 177 Å². The van der Waals surface area contributed by atoms with E-state index in [-0.39, 0.29) is 29.3 Å². The summed E-state index contributed by atoms with van der Waals surface area (Å²) in [4.78, 5) is 27.5. The minimum atomic E-state index is -4.97. The van der Waals surface area contributed by atoms with Crippen LogP contribution in [0.1, 0.15) is 17.7 Å². The first-order chi connectivity index (χ1) is 14.1. The molecule has 3 rings (SSSR count). The topological polar surface area (TPSA) is 109 Å². The summed E-state index contributed by atoms with van der Waals surface area (Å²) >= 11 is 11.7. The number of hydrogen-bond acceptors (Lipinski definition) is 6. The smallest absolute Gasteiger partial charge is 0.437 e.